The highest BCUT2D eigenvalue weighted by atomic mass is 19.2. The Bertz CT molecular complexity index is 407. The van der Waals surface area contributed by atoms with Gasteiger partial charge in [-0.05, 0) is 19.9 Å². The van der Waals surface area contributed by atoms with E-state index in [2.05, 4.69) is 5.32 Å². The van der Waals surface area contributed by atoms with E-state index in [0.717, 1.165) is 6.07 Å². The van der Waals surface area contributed by atoms with Crippen LogP contribution in [0.2, 0.25) is 0 Å². The van der Waals surface area contributed by atoms with Crippen LogP contribution in [-0.4, -0.2) is 11.9 Å². The van der Waals surface area contributed by atoms with Gasteiger partial charge in [0.25, 0.3) is 0 Å². The van der Waals surface area contributed by atoms with Crippen LogP contribution in [0.4, 0.5) is 8.78 Å². The zero-order valence-corrected chi connectivity index (χ0v) is 9.84. The molecule has 0 aliphatic heterocycles. The van der Waals surface area contributed by atoms with Gasteiger partial charge in [-0.2, -0.15) is 0 Å². The molecule has 0 bridgehead atoms. The first-order valence-electron chi connectivity index (χ1n) is 5.40. The second-order valence-corrected chi connectivity index (χ2v) is 4.11. The van der Waals surface area contributed by atoms with Crippen LogP contribution in [-0.2, 0) is 4.79 Å². The van der Waals surface area contributed by atoms with E-state index in [0.29, 0.717) is 0 Å². The molecule has 0 aromatic heterocycles. The molecule has 94 valence electrons. The third kappa shape index (κ3) is 3.78. The molecule has 1 aromatic carbocycles. The average Bonchev–Trinajstić information content (AvgIpc) is 2.20. The molecule has 17 heavy (non-hydrogen) atoms. The maximum atomic E-state index is 13.4. The normalized spacial score (nSPS) is 14.2. The summed E-state index contributed by atoms with van der Waals surface area (Å²) < 4.78 is 26.4. The summed E-state index contributed by atoms with van der Waals surface area (Å²) in [6.07, 6.45) is 0.154. The molecule has 1 aromatic rings. The van der Waals surface area contributed by atoms with Gasteiger partial charge in [0, 0.05) is 18.0 Å². The van der Waals surface area contributed by atoms with Crippen LogP contribution in [0.5, 0.6) is 0 Å². The highest BCUT2D eigenvalue weighted by molar-refractivity contribution is 5.76. The van der Waals surface area contributed by atoms with Crippen molar-refractivity contribution in [1.29, 1.82) is 0 Å². The molecule has 3 nitrogen and oxygen atoms in total. The first-order valence-corrected chi connectivity index (χ1v) is 5.40. The highest BCUT2D eigenvalue weighted by Crippen LogP contribution is 2.18. The number of halogens is 2. The number of nitrogens with two attached hydrogens (primary N) is 1. The minimum atomic E-state index is -0.930. The van der Waals surface area contributed by atoms with Crippen molar-refractivity contribution in [2.75, 3.05) is 0 Å². The molecule has 0 saturated carbocycles. The summed E-state index contributed by atoms with van der Waals surface area (Å²) in [5, 5.41) is 2.57. The number of nitrogens with one attached hydrogen (secondary N) is 1. The van der Waals surface area contributed by atoms with Gasteiger partial charge in [-0.3, -0.25) is 4.79 Å². The lowest BCUT2D eigenvalue weighted by molar-refractivity contribution is -0.122. The molecule has 0 spiro atoms. The van der Waals surface area contributed by atoms with Crippen molar-refractivity contribution in [3.8, 4) is 0 Å². The lowest BCUT2D eigenvalue weighted by Crippen LogP contribution is -2.32. The molecular weight excluding hydrogens is 226 g/mol. The van der Waals surface area contributed by atoms with E-state index in [1.165, 1.54) is 12.1 Å². The topological polar surface area (TPSA) is 55.1 Å². The molecule has 2 atom stereocenters. The summed E-state index contributed by atoms with van der Waals surface area (Å²) in [7, 11) is 0. The fraction of sp³-hybridized carbons (Fsp3) is 0.417. The Balaban J connectivity index is 2.73. The molecule has 0 heterocycles. The maximum absolute atomic E-state index is 13.4. The van der Waals surface area contributed by atoms with E-state index in [1.54, 1.807) is 13.8 Å². The fourth-order valence-electron chi connectivity index (χ4n) is 1.53. The Morgan fingerprint density at radius 1 is 1.41 bits per heavy atom. The minimum absolute atomic E-state index is 0.128. The summed E-state index contributed by atoms with van der Waals surface area (Å²) in [5.41, 5.74) is 5.59. The lowest BCUT2D eigenvalue weighted by atomic mass is 10.1. The van der Waals surface area contributed by atoms with Gasteiger partial charge in [-0.25, -0.2) is 8.78 Å². The van der Waals surface area contributed by atoms with Gasteiger partial charge in [-0.15, -0.1) is 0 Å². The summed E-state index contributed by atoms with van der Waals surface area (Å²) >= 11 is 0. The van der Waals surface area contributed by atoms with Gasteiger partial charge in [0.05, 0.1) is 6.04 Å². The second-order valence-electron chi connectivity index (χ2n) is 4.11. The largest absolute Gasteiger partial charge is 0.349 e. The number of carbonyl (C=O) groups is 1. The number of benzene rings is 1. The number of rotatable bonds is 4. The van der Waals surface area contributed by atoms with Crippen LogP contribution >= 0.6 is 0 Å². The van der Waals surface area contributed by atoms with Gasteiger partial charge >= 0.3 is 0 Å². The standard InChI is InChI=1S/C12H16F2N2O/c1-7(15)6-11(17)16-8(2)9-4-3-5-10(13)12(9)14/h3-5,7-8H,6,15H2,1-2H3,(H,16,17). The number of amides is 1. The van der Waals surface area contributed by atoms with E-state index in [-0.39, 0.29) is 23.9 Å². The zero-order valence-electron chi connectivity index (χ0n) is 9.84. The summed E-state index contributed by atoms with van der Waals surface area (Å²) in [6, 6.07) is 3.03. The summed E-state index contributed by atoms with van der Waals surface area (Å²) in [5.74, 6) is -2.13. The Kier molecular flexibility index (Phi) is 4.57. The third-order valence-corrected chi connectivity index (χ3v) is 2.33. The third-order valence-electron chi connectivity index (χ3n) is 2.33. The van der Waals surface area contributed by atoms with E-state index in [1.807, 2.05) is 0 Å². The molecular formula is C12H16F2N2O. The first-order chi connectivity index (χ1) is 7.91. The molecule has 2 unspecified atom stereocenters. The molecule has 1 rings (SSSR count). The Hall–Kier alpha value is -1.49. The maximum Gasteiger partial charge on any atom is 0.222 e. The predicted molar refractivity (Wildman–Crippen MR) is 61.2 cm³/mol. The Labute approximate surface area is 99.0 Å². The van der Waals surface area contributed by atoms with Crippen LogP contribution in [0, 0.1) is 11.6 Å². The van der Waals surface area contributed by atoms with Crippen molar-refractivity contribution in [3.63, 3.8) is 0 Å². The van der Waals surface area contributed by atoms with Crippen molar-refractivity contribution in [2.45, 2.75) is 32.4 Å². The smallest absolute Gasteiger partial charge is 0.222 e. The van der Waals surface area contributed by atoms with E-state index < -0.39 is 17.7 Å². The van der Waals surface area contributed by atoms with Crippen molar-refractivity contribution >= 4 is 5.91 Å². The van der Waals surface area contributed by atoms with Gasteiger partial charge in [0.1, 0.15) is 0 Å². The minimum Gasteiger partial charge on any atom is -0.349 e. The van der Waals surface area contributed by atoms with Gasteiger partial charge in [0.2, 0.25) is 5.91 Å². The number of carbonyl (C=O) groups excluding carboxylic acids is 1. The average molecular weight is 242 g/mol. The van der Waals surface area contributed by atoms with Crippen LogP contribution in [0.25, 0.3) is 0 Å². The molecule has 0 aliphatic carbocycles. The number of hydrogen-bond acceptors (Lipinski definition) is 2. The Morgan fingerprint density at radius 2 is 2.06 bits per heavy atom. The molecule has 0 radical (unpaired) electrons. The van der Waals surface area contributed by atoms with Crippen LogP contribution in [0.15, 0.2) is 18.2 Å². The zero-order chi connectivity index (χ0) is 13.0. The van der Waals surface area contributed by atoms with Crippen LogP contribution in [0.1, 0.15) is 31.9 Å². The SMILES string of the molecule is CC(N)CC(=O)NC(C)c1cccc(F)c1F. The summed E-state index contributed by atoms with van der Waals surface area (Å²) in [6.45, 7) is 3.30. The quantitative estimate of drug-likeness (QED) is 0.847. The summed E-state index contributed by atoms with van der Waals surface area (Å²) in [4.78, 5) is 11.4. The molecule has 0 fully saturated rings. The molecule has 1 amide bonds. The Morgan fingerprint density at radius 3 is 2.65 bits per heavy atom. The molecule has 0 saturated heterocycles. The highest BCUT2D eigenvalue weighted by Gasteiger charge is 2.16. The van der Waals surface area contributed by atoms with Gasteiger partial charge in [0.15, 0.2) is 11.6 Å². The van der Waals surface area contributed by atoms with Crippen LogP contribution < -0.4 is 11.1 Å². The van der Waals surface area contributed by atoms with Crippen molar-refractivity contribution in [2.24, 2.45) is 5.73 Å². The second kappa shape index (κ2) is 5.72. The predicted octanol–water partition coefficient (Wildman–Crippen LogP) is 1.88. The fourth-order valence-corrected chi connectivity index (χ4v) is 1.53. The molecule has 3 N–H and O–H groups in total. The molecule has 5 heteroatoms. The van der Waals surface area contributed by atoms with E-state index >= 15 is 0 Å². The number of hydrogen-bond donors (Lipinski definition) is 2. The van der Waals surface area contributed by atoms with Gasteiger partial charge < -0.3 is 11.1 Å². The monoisotopic (exact) mass is 242 g/mol. The first kappa shape index (κ1) is 13.6. The van der Waals surface area contributed by atoms with E-state index in [9.17, 15) is 13.6 Å². The van der Waals surface area contributed by atoms with E-state index in [4.69, 9.17) is 5.73 Å². The lowest BCUT2D eigenvalue weighted by Gasteiger charge is -2.16. The van der Waals surface area contributed by atoms with Crippen molar-refractivity contribution in [1.82, 2.24) is 5.32 Å². The van der Waals surface area contributed by atoms with Gasteiger partial charge in [-0.1, -0.05) is 12.1 Å². The van der Waals surface area contributed by atoms with Crippen molar-refractivity contribution < 1.29 is 13.6 Å². The van der Waals surface area contributed by atoms with Crippen LogP contribution in [0.3, 0.4) is 0 Å². The van der Waals surface area contributed by atoms with Crippen molar-refractivity contribution in [3.05, 3.63) is 35.4 Å². The molecule has 0 aliphatic rings.